The Bertz CT molecular complexity index is 953. The minimum absolute atomic E-state index is 0.0310. The smallest absolute Gasteiger partial charge is 0.321 e. The van der Waals surface area contributed by atoms with Gasteiger partial charge in [0.2, 0.25) is 5.91 Å². The lowest BCUT2D eigenvalue weighted by molar-refractivity contribution is -0.131. The maximum atomic E-state index is 12.6. The highest BCUT2D eigenvalue weighted by Crippen LogP contribution is 2.30. The fourth-order valence-corrected chi connectivity index (χ4v) is 5.13. The number of anilines is 1. The number of carbonyl (C=O) groups excluding carboxylic acids is 2. The number of rotatable bonds is 6. The van der Waals surface area contributed by atoms with E-state index in [1.165, 1.54) is 31.2 Å². The highest BCUT2D eigenvalue weighted by atomic mass is 16.5. The van der Waals surface area contributed by atoms with E-state index >= 15 is 0 Å². The number of benzene rings is 1. The quantitative estimate of drug-likeness (QED) is 0.716. The van der Waals surface area contributed by atoms with Gasteiger partial charge in [0.15, 0.2) is 0 Å². The molecule has 1 atom stereocenters. The molecule has 2 aliphatic heterocycles. The van der Waals surface area contributed by atoms with Gasteiger partial charge in [-0.1, -0.05) is 18.9 Å². The van der Waals surface area contributed by atoms with Gasteiger partial charge in [0.1, 0.15) is 11.9 Å². The van der Waals surface area contributed by atoms with E-state index in [1.54, 1.807) is 11.1 Å². The van der Waals surface area contributed by atoms with E-state index in [1.807, 2.05) is 41.4 Å². The molecule has 33 heavy (non-hydrogen) atoms. The molecule has 2 aromatic rings. The monoisotopic (exact) mass is 448 g/mol. The molecule has 5 rings (SSSR count). The fourth-order valence-electron chi connectivity index (χ4n) is 5.13. The van der Waals surface area contributed by atoms with E-state index in [4.69, 9.17) is 4.74 Å². The SMILES string of the molecule is O=C(CC1CCCC1)N1CC[C@@H](Oc2ccc(NC(=O)N3CC(c4cccnc4)C3)cc2)C1. The Morgan fingerprint density at radius 1 is 1.00 bits per heavy atom. The Labute approximate surface area is 195 Å². The fraction of sp³-hybridized carbons (Fsp3) is 0.500. The number of nitrogens with one attached hydrogen (secondary N) is 1. The van der Waals surface area contributed by atoms with Gasteiger partial charge in [-0.15, -0.1) is 0 Å². The summed E-state index contributed by atoms with van der Waals surface area (Å²) < 4.78 is 6.11. The Morgan fingerprint density at radius 2 is 1.79 bits per heavy atom. The molecular weight excluding hydrogens is 416 g/mol. The maximum absolute atomic E-state index is 12.6. The number of hydrogen-bond acceptors (Lipinski definition) is 4. The molecule has 1 aromatic heterocycles. The topological polar surface area (TPSA) is 74.8 Å². The number of carbonyl (C=O) groups is 2. The molecule has 1 aliphatic carbocycles. The second-order valence-corrected chi connectivity index (χ2v) is 9.57. The van der Waals surface area contributed by atoms with Crippen LogP contribution >= 0.6 is 0 Å². The van der Waals surface area contributed by atoms with Gasteiger partial charge in [0.05, 0.1) is 6.54 Å². The lowest BCUT2D eigenvalue weighted by atomic mass is 9.93. The van der Waals surface area contributed by atoms with Crippen molar-refractivity contribution in [3.8, 4) is 5.75 Å². The van der Waals surface area contributed by atoms with E-state index in [9.17, 15) is 9.59 Å². The molecule has 0 spiro atoms. The van der Waals surface area contributed by atoms with Gasteiger partial charge in [-0.2, -0.15) is 0 Å². The zero-order valence-corrected chi connectivity index (χ0v) is 19.0. The Kier molecular flexibility index (Phi) is 6.46. The zero-order valence-electron chi connectivity index (χ0n) is 19.0. The molecule has 1 aromatic carbocycles. The van der Waals surface area contributed by atoms with E-state index < -0.39 is 0 Å². The summed E-state index contributed by atoms with van der Waals surface area (Å²) in [6, 6.07) is 11.4. The van der Waals surface area contributed by atoms with Gasteiger partial charge in [0.25, 0.3) is 0 Å². The first-order chi connectivity index (χ1) is 16.1. The number of urea groups is 1. The summed E-state index contributed by atoms with van der Waals surface area (Å²) in [5.41, 5.74) is 1.92. The average Bonchev–Trinajstić information content (AvgIpc) is 3.47. The Morgan fingerprint density at radius 3 is 2.52 bits per heavy atom. The largest absolute Gasteiger partial charge is 0.489 e. The number of ether oxygens (including phenoxy) is 1. The number of likely N-dealkylation sites (tertiary alicyclic amines) is 2. The summed E-state index contributed by atoms with van der Waals surface area (Å²) in [6.07, 6.45) is 10.2. The summed E-state index contributed by atoms with van der Waals surface area (Å²) in [7, 11) is 0. The number of amides is 3. The van der Waals surface area contributed by atoms with Crippen LogP contribution in [0.4, 0.5) is 10.5 Å². The van der Waals surface area contributed by atoms with Gasteiger partial charge in [0, 0.05) is 56.5 Å². The van der Waals surface area contributed by atoms with Gasteiger partial charge >= 0.3 is 6.03 Å². The number of nitrogens with zero attached hydrogens (tertiary/aromatic N) is 3. The molecule has 1 saturated carbocycles. The van der Waals surface area contributed by atoms with Gasteiger partial charge in [-0.05, 0) is 54.7 Å². The van der Waals surface area contributed by atoms with Crippen LogP contribution in [0.15, 0.2) is 48.8 Å². The Balaban J connectivity index is 1.05. The first-order valence-electron chi connectivity index (χ1n) is 12.1. The van der Waals surface area contributed by atoms with E-state index in [-0.39, 0.29) is 18.0 Å². The van der Waals surface area contributed by atoms with Crippen LogP contribution in [0.3, 0.4) is 0 Å². The van der Waals surface area contributed by atoms with Gasteiger partial charge in [-0.25, -0.2) is 4.79 Å². The van der Waals surface area contributed by atoms with E-state index in [2.05, 4.69) is 16.4 Å². The van der Waals surface area contributed by atoms with Gasteiger partial charge in [-0.3, -0.25) is 9.78 Å². The molecule has 3 aliphatic rings. The van der Waals surface area contributed by atoms with Crippen molar-refractivity contribution in [2.75, 3.05) is 31.5 Å². The first-order valence-corrected chi connectivity index (χ1v) is 12.1. The average molecular weight is 449 g/mol. The zero-order chi connectivity index (χ0) is 22.6. The van der Waals surface area contributed by atoms with Crippen LogP contribution in [-0.4, -0.2) is 59.0 Å². The van der Waals surface area contributed by atoms with Crippen molar-refractivity contribution in [2.24, 2.45) is 5.92 Å². The summed E-state index contributed by atoms with van der Waals surface area (Å²) in [5, 5.41) is 2.96. The number of aromatic nitrogens is 1. The molecular formula is C26H32N4O3. The highest BCUT2D eigenvalue weighted by Gasteiger charge is 2.32. The molecule has 1 N–H and O–H groups in total. The van der Waals surface area contributed by atoms with Crippen molar-refractivity contribution < 1.29 is 14.3 Å². The van der Waals surface area contributed by atoms with Crippen LogP contribution in [-0.2, 0) is 4.79 Å². The molecule has 3 amide bonds. The third kappa shape index (κ3) is 5.29. The maximum Gasteiger partial charge on any atom is 0.321 e. The van der Waals surface area contributed by atoms with Crippen molar-refractivity contribution in [3.63, 3.8) is 0 Å². The molecule has 3 heterocycles. The predicted molar refractivity (Wildman–Crippen MR) is 126 cm³/mol. The third-order valence-electron chi connectivity index (χ3n) is 7.17. The van der Waals surface area contributed by atoms with Crippen LogP contribution in [0.25, 0.3) is 0 Å². The van der Waals surface area contributed by atoms with Crippen LogP contribution in [0.5, 0.6) is 5.75 Å². The van der Waals surface area contributed by atoms with Crippen molar-refractivity contribution in [2.45, 2.75) is 50.5 Å². The minimum atomic E-state index is -0.0870. The lowest BCUT2D eigenvalue weighted by Crippen LogP contribution is -2.50. The van der Waals surface area contributed by atoms with Crippen LogP contribution in [0, 0.1) is 5.92 Å². The molecule has 3 fully saturated rings. The molecule has 7 heteroatoms. The lowest BCUT2D eigenvalue weighted by Gasteiger charge is -2.39. The third-order valence-corrected chi connectivity index (χ3v) is 7.17. The summed E-state index contributed by atoms with van der Waals surface area (Å²) >= 11 is 0. The second kappa shape index (κ2) is 9.81. The first kappa shape index (κ1) is 21.7. The van der Waals surface area contributed by atoms with Crippen LogP contribution in [0.1, 0.15) is 50.0 Å². The molecule has 0 bridgehead atoms. The molecule has 7 nitrogen and oxygen atoms in total. The molecule has 0 radical (unpaired) electrons. The van der Waals surface area contributed by atoms with Crippen molar-refractivity contribution in [1.29, 1.82) is 0 Å². The van der Waals surface area contributed by atoms with Crippen molar-refractivity contribution in [1.82, 2.24) is 14.8 Å². The summed E-state index contributed by atoms with van der Waals surface area (Å²) in [5.74, 6) is 1.99. The second-order valence-electron chi connectivity index (χ2n) is 9.57. The summed E-state index contributed by atoms with van der Waals surface area (Å²) in [6.45, 7) is 2.85. The van der Waals surface area contributed by atoms with E-state index in [0.29, 0.717) is 37.9 Å². The van der Waals surface area contributed by atoms with Crippen molar-refractivity contribution >= 4 is 17.6 Å². The van der Waals surface area contributed by atoms with Crippen molar-refractivity contribution in [3.05, 3.63) is 54.4 Å². The minimum Gasteiger partial charge on any atom is -0.489 e. The molecule has 2 saturated heterocycles. The standard InChI is InChI=1S/C26H32N4O3/c31-25(14-19-4-1-2-5-19)29-13-11-24(18-29)33-23-9-7-22(8-10-23)28-26(32)30-16-21(17-30)20-6-3-12-27-15-20/h3,6-10,12,15,19,21,24H,1-2,4-5,11,13-14,16-18H2,(H,28,32)/t24-/m1/s1. The Hall–Kier alpha value is -3.09. The van der Waals surface area contributed by atoms with E-state index in [0.717, 1.165) is 24.4 Å². The normalized spacial score (nSPS) is 21.2. The highest BCUT2D eigenvalue weighted by molar-refractivity contribution is 5.90. The number of hydrogen-bond donors (Lipinski definition) is 1. The molecule has 0 unspecified atom stereocenters. The van der Waals surface area contributed by atoms with Gasteiger partial charge < -0.3 is 19.9 Å². The molecule has 174 valence electrons. The number of pyridine rings is 1. The summed E-state index contributed by atoms with van der Waals surface area (Å²) in [4.78, 5) is 33.0. The van der Waals surface area contributed by atoms with Crippen LogP contribution in [0.2, 0.25) is 0 Å². The predicted octanol–water partition coefficient (Wildman–Crippen LogP) is 4.27. The van der Waals surface area contributed by atoms with Crippen LogP contribution < -0.4 is 10.1 Å².